The largest absolute Gasteiger partial charge is 0.398 e. The summed E-state index contributed by atoms with van der Waals surface area (Å²) in [6, 6.07) is 14.4. The lowest BCUT2D eigenvalue weighted by Gasteiger charge is -2.27. The Morgan fingerprint density at radius 1 is 1.16 bits per heavy atom. The SMILES string of the molecule is N=Cc1cc(Nc2ccnc(-c3cccc(C(=O)NN4CCNCC4)c3)n2)ccc1N. The second-order valence-electron chi connectivity index (χ2n) is 7.14. The number of anilines is 3. The summed E-state index contributed by atoms with van der Waals surface area (Å²) in [7, 11) is 0. The summed E-state index contributed by atoms with van der Waals surface area (Å²) in [5, 5.41) is 15.8. The summed E-state index contributed by atoms with van der Waals surface area (Å²) >= 11 is 0. The lowest BCUT2D eigenvalue weighted by atomic mass is 10.1. The Hall–Kier alpha value is -3.82. The van der Waals surface area contributed by atoms with Gasteiger partial charge in [-0.05, 0) is 36.4 Å². The molecule has 0 saturated carbocycles. The highest BCUT2D eigenvalue weighted by Gasteiger charge is 2.15. The molecule has 0 unspecified atom stereocenters. The molecule has 1 aliphatic heterocycles. The Kier molecular flexibility index (Phi) is 6.16. The van der Waals surface area contributed by atoms with E-state index in [1.807, 2.05) is 23.2 Å². The first-order valence-corrected chi connectivity index (χ1v) is 9.99. The number of aromatic nitrogens is 2. The van der Waals surface area contributed by atoms with Crippen molar-refractivity contribution < 1.29 is 4.79 Å². The number of carbonyl (C=O) groups is 1. The van der Waals surface area contributed by atoms with E-state index in [4.69, 9.17) is 11.1 Å². The number of benzene rings is 2. The molecule has 1 saturated heterocycles. The number of nitrogens with one attached hydrogen (secondary N) is 4. The fraction of sp³-hybridized carbons (Fsp3) is 0.182. The molecule has 2 heterocycles. The Labute approximate surface area is 180 Å². The zero-order chi connectivity index (χ0) is 21.6. The van der Waals surface area contributed by atoms with E-state index in [-0.39, 0.29) is 5.91 Å². The van der Waals surface area contributed by atoms with Crippen molar-refractivity contribution in [1.82, 2.24) is 25.7 Å². The maximum absolute atomic E-state index is 12.6. The summed E-state index contributed by atoms with van der Waals surface area (Å²) in [6.07, 6.45) is 2.87. The van der Waals surface area contributed by atoms with Crippen LogP contribution in [0.3, 0.4) is 0 Å². The van der Waals surface area contributed by atoms with E-state index < -0.39 is 0 Å². The van der Waals surface area contributed by atoms with Crippen LogP contribution in [0.25, 0.3) is 11.4 Å². The fourth-order valence-corrected chi connectivity index (χ4v) is 3.28. The summed E-state index contributed by atoms with van der Waals surface area (Å²) in [4.78, 5) is 21.6. The van der Waals surface area contributed by atoms with Crippen molar-refractivity contribution in [2.45, 2.75) is 0 Å². The molecular weight excluding hydrogens is 392 g/mol. The van der Waals surface area contributed by atoms with Crippen LogP contribution in [0.1, 0.15) is 15.9 Å². The highest BCUT2D eigenvalue weighted by molar-refractivity contribution is 5.95. The number of nitrogens with zero attached hydrogens (tertiary/aromatic N) is 3. The minimum atomic E-state index is -0.154. The van der Waals surface area contributed by atoms with E-state index in [0.29, 0.717) is 28.5 Å². The number of hydrazine groups is 1. The van der Waals surface area contributed by atoms with Crippen LogP contribution in [0.5, 0.6) is 0 Å². The molecule has 6 N–H and O–H groups in total. The van der Waals surface area contributed by atoms with Gasteiger partial charge in [0.1, 0.15) is 5.82 Å². The molecule has 4 rings (SSSR count). The van der Waals surface area contributed by atoms with Crippen LogP contribution < -0.4 is 21.8 Å². The Morgan fingerprint density at radius 3 is 2.81 bits per heavy atom. The molecule has 1 amide bonds. The van der Waals surface area contributed by atoms with Crippen molar-refractivity contribution in [2.24, 2.45) is 0 Å². The van der Waals surface area contributed by atoms with Crippen LogP contribution in [-0.2, 0) is 0 Å². The number of nitrogen functional groups attached to an aromatic ring is 1. The molecule has 0 spiro atoms. The number of carbonyl (C=O) groups excluding carboxylic acids is 1. The predicted octanol–water partition coefficient (Wildman–Crippen LogP) is 2.02. The van der Waals surface area contributed by atoms with Crippen LogP contribution in [0.15, 0.2) is 54.7 Å². The van der Waals surface area contributed by atoms with Gasteiger partial charge in [0, 0.05) is 66.7 Å². The third kappa shape index (κ3) is 5.03. The van der Waals surface area contributed by atoms with Gasteiger partial charge < -0.3 is 21.8 Å². The second kappa shape index (κ2) is 9.33. The van der Waals surface area contributed by atoms with Gasteiger partial charge in [-0.3, -0.25) is 10.2 Å². The molecule has 1 fully saturated rings. The van der Waals surface area contributed by atoms with E-state index in [2.05, 4.69) is 26.0 Å². The molecule has 2 aromatic carbocycles. The molecule has 9 nitrogen and oxygen atoms in total. The third-order valence-electron chi connectivity index (χ3n) is 4.93. The number of hydrogen-bond acceptors (Lipinski definition) is 8. The van der Waals surface area contributed by atoms with Gasteiger partial charge in [-0.2, -0.15) is 0 Å². The molecule has 158 valence electrons. The predicted molar refractivity (Wildman–Crippen MR) is 121 cm³/mol. The van der Waals surface area contributed by atoms with Crippen LogP contribution in [0.2, 0.25) is 0 Å². The van der Waals surface area contributed by atoms with Crippen molar-refractivity contribution in [3.8, 4) is 11.4 Å². The number of amides is 1. The molecular formula is C22H24N8O. The molecule has 0 aliphatic carbocycles. The minimum absolute atomic E-state index is 0.154. The monoisotopic (exact) mass is 416 g/mol. The normalized spacial score (nSPS) is 14.1. The van der Waals surface area contributed by atoms with E-state index in [1.165, 1.54) is 6.21 Å². The molecule has 9 heteroatoms. The average molecular weight is 416 g/mol. The highest BCUT2D eigenvalue weighted by atomic mass is 16.2. The third-order valence-corrected chi connectivity index (χ3v) is 4.93. The summed E-state index contributed by atoms with van der Waals surface area (Å²) in [5.41, 5.74) is 12.0. The average Bonchev–Trinajstić information content (AvgIpc) is 2.81. The quantitative estimate of drug-likeness (QED) is 0.307. The van der Waals surface area contributed by atoms with Crippen LogP contribution in [0.4, 0.5) is 17.2 Å². The first-order chi connectivity index (χ1) is 15.1. The van der Waals surface area contributed by atoms with Crippen LogP contribution in [0, 0.1) is 5.41 Å². The Morgan fingerprint density at radius 2 is 2.00 bits per heavy atom. The van der Waals surface area contributed by atoms with Gasteiger partial charge in [-0.25, -0.2) is 15.0 Å². The minimum Gasteiger partial charge on any atom is -0.398 e. The summed E-state index contributed by atoms with van der Waals surface area (Å²) in [5.74, 6) is 0.949. The summed E-state index contributed by atoms with van der Waals surface area (Å²) < 4.78 is 0. The zero-order valence-electron chi connectivity index (χ0n) is 16.9. The number of nitrogens with two attached hydrogens (primary N) is 1. The number of hydrogen-bond donors (Lipinski definition) is 5. The van der Waals surface area contributed by atoms with Crippen LogP contribution >= 0.6 is 0 Å². The molecule has 1 aromatic heterocycles. The first kappa shape index (κ1) is 20.5. The molecule has 31 heavy (non-hydrogen) atoms. The molecule has 1 aliphatic rings. The topological polar surface area (TPSA) is 132 Å². The highest BCUT2D eigenvalue weighted by Crippen LogP contribution is 2.22. The van der Waals surface area contributed by atoms with Crippen molar-refractivity contribution in [3.05, 3.63) is 65.9 Å². The van der Waals surface area contributed by atoms with Gasteiger partial charge in [-0.1, -0.05) is 12.1 Å². The lowest BCUT2D eigenvalue weighted by Crippen LogP contribution is -2.52. The van der Waals surface area contributed by atoms with E-state index in [9.17, 15) is 4.79 Å². The molecule has 0 radical (unpaired) electrons. The fourth-order valence-electron chi connectivity index (χ4n) is 3.28. The van der Waals surface area contributed by atoms with Crippen molar-refractivity contribution in [3.63, 3.8) is 0 Å². The number of rotatable bonds is 6. The molecule has 0 atom stereocenters. The maximum Gasteiger partial charge on any atom is 0.265 e. The zero-order valence-corrected chi connectivity index (χ0v) is 16.9. The molecule has 3 aromatic rings. The van der Waals surface area contributed by atoms with E-state index in [1.54, 1.807) is 36.5 Å². The van der Waals surface area contributed by atoms with Gasteiger partial charge >= 0.3 is 0 Å². The molecule has 0 bridgehead atoms. The smallest absolute Gasteiger partial charge is 0.265 e. The summed E-state index contributed by atoms with van der Waals surface area (Å²) in [6.45, 7) is 3.24. The Balaban J connectivity index is 1.51. The second-order valence-corrected chi connectivity index (χ2v) is 7.14. The van der Waals surface area contributed by atoms with E-state index >= 15 is 0 Å². The van der Waals surface area contributed by atoms with Gasteiger partial charge in [0.05, 0.1) is 0 Å². The van der Waals surface area contributed by atoms with Gasteiger partial charge in [-0.15, -0.1) is 0 Å². The van der Waals surface area contributed by atoms with Crippen LogP contribution in [-0.4, -0.2) is 53.3 Å². The Bertz CT molecular complexity index is 1090. The van der Waals surface area contributed by atoms with Crippen molar-refractivity contribution in [2.75, 3.05) is 37.2 Å². The van der Waals surface area contributed by atoms with E-state index in [0.717, 1.165) is 37.4 Å². The van der Waals surface area contributed by atoms with Crippen molar-refractivity contribution in [1.29, 1.82) is 5.41 Å². The van der Waals surface area contributed by atoms with Crippen molar-refractivity contribution >= 4 is 29.3 Å². The standard InChI is InChI=1S/C22H24N8O/c23-14-17-13-18(4-5-19(17)24)27-20-6-7-26-21(28-20)15-2-1-3-16(12-15)22(31)29-30-10-8-25-9-11-30/h1-7,12-14,23,25H,8-11,24H2,(H,29,31)(H,26,27,28). The number of piperazine rings is 1. The van der Waals surface area contributed by atoms with Gasteiger partial charge in [0.2, 0.25) is 0 Å². The lowest BCUT2D eigenvalue weighted by molar-refractivity contribution is 0.0765. The maximum atomic E-state index is 12.6. The van der Waals surface area contributed by atoms with Gasteiger partial charge in [0.15, 0.2) is 5.82 Å². The first-order valence-electron chi connectivity index (χ1n) is 9.99. The van der Waals surface area contributed by atoms with Gasteiger partial charge in [0.25, 0.3) is 5.91 Å².